The van der Waals surface area contributed by atoms with E-state index in [0.29, 0.717) is 5.92 Å². The van der Waals surface area contributed by atoms with Crippen LogP contribution in [0, 0.1) is 6.92 Å². The summed E-state index contributed by atoms with van der Waals surface area (Å²) < 4.78 is 0. The SMILES string of the molecule is CCCC1(C(=O)Nc2c(C)cccc2C(C)C)CCCN1. The second-order valence-corrected chi connectivity index (χ2v) is 6.51. The highest BCUT2D eigenvalue weighted by atomic mass is 16.2. The molecule has 1 aromatic rings. The zero-order valence-corrected chi connectivity index (χ0v) is 13.8. The molecule has 1 fully saturated rings. The third-order valence-electron chi connectivity index (χ3n) is 4.52. The third kappa shape index (κ3) is 3.29. The molecule has 2 N–H and O–H groups in total. The minimum absolute atomic E-state index is 0.137. The monoisotopic (exact) mass is 288 g/mol. The van der Waals surface area contributed by atoms with Crippen molar-refractivity contribution in [3.63, 3.8) is 0 Å². The molecule has 3 nitrogen and oxygen atoms in total. The number of amides is 1. The molecule has 0 radical (unpaired) electrons. The highest BCUT2D eigenvalue weighted by Crippen LogP contribution is 2.31. The summed E-state index contributed by atoms with van der Waals surface area (Å²) in [7, 11) is 0. The summed E-state index contributed by atoms with van der Waals surface area (Å²) in [5.74, 6) is 0.539. The molecule has 1 atom stereocenters. The Hall–Kier alpha value is -1.35. The van der Waals surface area contributed by atoms with E-state index in [0.717, 1.165) is 43.5 Å². The van der Waals surface area contributed by atoms with Crippen LogP contribution in [0.2, 0.25) is 0 Å². The maximum absolute atomic E-state index is 12.9. The van der Waals surface area contributed by atoms with Crippen LogP contribution in [0.3, 0.4) is 0 Å². The van der Waals surface area contributed by atoms with E-state index < -0.39 is 0 Å². The van der Waals surface area contributed by atoms with E-state index in [2.05, 4.69) is 56.5 Å². The highest BCUT2D eigenvalue weighted by molar-refractivity contribution is 5.99. The number of hydrogen-bond donors (Lipinski definition) is 2. The first-order valence-corrected chi connectivity index (χ1v) is 8.16. The van der Waals surface area contributed by atoms with E-state index in [9.17, 15) is 4.79 Å². The van der Waals surface area contributed by atoms with Gasteiger partial charge in [0.25, 0.3) is 0 Å². The molecule has 0 aliphatic carbocycles. The van der Waals surface area contributed by atoms with E-state index in [1.165, 1.54) is 5.56 Å². The molecule has 1 heterocycles. The highest BCUT2D eigenvalue weighted by Gasteiger charge is 2.40. The quantitative estimate of drug-likeness (QED) is 0.860. The molecule has 2 rings (SSSR count). The Morgan fingerprint density at radius 1 is 1.43 bits per heavy atom. The second kappa shape index (κ2) is 6.61. The first kappa shape index (κ1) is 16.0. The van der Waals surface area contributed by atoms with Gasteiger partial charge in [-0.05, 0) is 49.8 Å². The summed E-state index contributed by atoms with van der Waals surface area (Å²) in [5, 5.41) is 6.67. The van der Waals surface area contributed by atoms with Crippen LogP contribution in [0.1, 0.15) is 63.5 Å². The zero-order valence-electron chi connectivity index (χ0n) is 13.8. The van der Waals surface area contributed by atoms with Crippen molar-refractivity contribution in [2.24, 2.45) is 0 Å². The summed E-state index contributed by atoms with van der Waals surface area (Å²) in [4.78, 5) is 12.9. The minimum atomic E-state index is -0.370. The Kier molecular flexibility index (Phi) is 5.04. The number of nitrogens with one attached hydrogen (secondary N) is 2. The maximum atomic E-state index is 12.9. The molecule has 1 aromatic carbocycles. The molecule has 1 unspecified atom stereocenters. The van der Waals surface area contributed by atoms with E-state index in [1.807, 2.05) is 0 Å². The Labute approximate surface area is 128 Å². The largest absolute Gasteiger partial charge is 0.324 e. The normalized spacial score (nSPS) is 21.8. The zero-order chi connectivity index (χ0) is 15.5. The molecule has 1 aliphatic rings. The van der Waals surface area contributed by atoms with Crippen molar-refractivity contribution >= 4 is 11.6 Å². The average molecular weight is 288 g/mol. The molecule has 116 valence electrons. The number of benzene rings is 1. The van der Waals surface area contributed by atoms with Gasteiger partial charge in [0.15, 0.2) is 0 Å². The van der Waals surface area contributed by atoms with Crippen LogP contribution in [0.15, 0.2) is 18.2 Å². The second-order valence-electron chi connectivity index (χ2n) is 6.51. The van der Waals surface area contributed by atoms with E-state index >= 15 is 0 Å². The van der Waals surface area contributed by atoms with Crippen LogP contribution in [0.5, 0.6) is 0 Å². The van der Waals surface area contributed by atoms with Crippen molar-refractivity contribution in [2.45, 2.75) is 64.8 Å². The molecule has 1 amide bonds. The number of carbonyl (C=O) groups excluding carboxylic acids is 1. The molecule has 1 saturated heterocycles. The lowest BCUT2D eigenvalue weighted by Crippen LogP contribution is -2.50. The molecule has 0 aromatic heterocycles. The standard InChI is InChI=1S/C18H28N2O/c1-5-10-18(11-7-12-19-18)17(21)20-16-14(4)8-6-9-15(16)13(2)3/h6,8-9,13,19H,5,7,10-12H2,1-4H3,(H,20,21). The van der Waals surface area contributed by atoms with E-state index in [-0.39, 0.29) is 11.4 Å². The molecule has 1 aliphatic heterocycles. The molecule has 0 bridgehead atoms. The van der Waals surface area contributed by atoms with Gasteiger partial charge in [-0.2, -0.15) is 0 Å². The van der Waals surface area contributed by atoms with Crippen LogP contribution in [-0.4, -0.2) is 18.0 Å². The first-order valence-electron chi connectivity index (χ1n) is 8.16. The summed E-state index contributed by atoms with van der Waals surface area (Å²) in [6.07, 6.45) is 3.95. The summed E-state index contributed by atoms with van der Waals surface area (Å²) >= 11 is 0. The van der Waals surface area contributed by atoms with Crippen molar-refractivity contribution in [3.05, 3.63) is 29.3 Å². The third-order valence-corrected chi connectivity index (χ3v) is 4.52. The van der Waals surface area contributed by atoms with Gasteiger partial charge in [0.2, 0.25) is 5.91 Å². The van der Waals surface area contributed by atoms with Gasteiger partial charge < -0.3 is 10.6 Å². The average Bonchev–Trinajstić information content (AvgIpc) is 2.91. The van der Waals surface area contributed by atoms with Gasteiger partial charge in [0.1, 0.15) is 0 Å². The lowest BCUT2D eigenvalue weighted by molar-refractivity contribution is -0.122. The number of anilines is 1. The molecule has 3 heteroatoms. The minimum Gasteiger partial charge on any atom is -0.324 e. The Morgan fingerprint density at radius 3 is 2.76 bits per heavy atom. The van der Waals surface area contributed by atoms with E-state index in [1.54, 1.807) is 0 Å². The smallest absolute Gasteiger partial charge is 0.244 e. The Morgan fingerprint density at radius 2 is 2.19 bits per heavy atom. The van der Waals surface area contributed by atoms with Gasteiger partial charge in [-0.25, -0.2) is 0 Å². The van der Waals surface area contributed by atoms with Crippen molar-refractivity contribution in [1.29, 1.82) is 0 Å². The van der Waals surface area contributed by atoms with Gasteiger partial charge in [-0.3, -0.25) is 4.79 Å². The van der Waals surface area contributed by atoms with Gasteiger partial charge in [-0.1, -0.05) is 45.4 Å². The molecular weight excluding hydrogens is 260 g/mol. The van der Waals surface area contributed by atoms with Gasteiger partial charge in [0.05, 0.1) is 5.54 Å². The Balaban J connectivity index is 2.27. The summed E-state index contributed by atoms with van der Waals surface area (Å²) in [5.41, 5.74) is 2.99. The number of hydrogen-bond acceptors (Lipinski definition) is 2. The fraction of sp³-hybridized carbons (Fsp3) is 0.611. The molecule has 21 heavy (non-hydrogen) atoms. The maximum Gasteiger partial charge on any atom is 0.244 e. The predicted molar refractivity (Wildman–Crippen MR) is 88.8 cm³/mol. The van der Waals surface area contributed by atoms with Crippen molar-refractivity contribution in [1.82, 2.24) is 5.32 Å². The van der Waals surface area contributed by atoms with Crippen LogP contribution in [-0.2, 0) is 4.79 Å². The van der Waals surface area contributed by atoms with Gasteiger partial charge >= 0.3 is 0 Å². The fourth-order valence-corrected chi connectivity index (χ4v) is 3.33. The molecule has 0 spiro atoms. The number of aryl methyl sites for hydroxylation is 1. The summed E-state index contributed by atoms with van der Waals surface area (Å²) in [6, 6.07) is 6.24. The van der Waals surface area contributed by atoms with E-state index in [4.69, 9.17) is 0 Å². The van der Waals surface area contributed by atoms with Crippen LogP contribution in [0.25, 0.3) is 0 Å². The van der Waals surface area contributed by atoms with Crippen molar-refractivity contribution < 1.29 is 4.79 Å². The van der Waals surface area contributed by atoms with Crippen molar-refractivity contribution in [3.8, 4) is 0 Å². The lowest BCUT2D eigenvalue weighted by atomic mass is 9.90. The predicted octanol–water partition coefficient (Wildman–Crippen LogP) is 3.98. The number of rotatable bonds is 5. The topological polar surface area (TPSA) is 41.1 Å². The van der Waals surface area contributed by atoms with Gasteiger partial charge in [-0.15, -0.1) is 0 Å². The van der Waals surface area contributed by atoms with Crippen LogP contribution in [0.4, 0.5) is 5.69 Å². The van der Waals surface area contributed by atoms with Crippen LogP contribution >= 0.6 is 0 Å². The fourth-order valence-electron chi connectivity index (χ4n) is 3.33. The summed E-state index contributed by atoms with van der Waals surface area (Å²) in [6.45, 7) is 9.48. The Bertz CT molecular complexity index is 502. The molecular formula is C18H28N2O. The number of carbonyl (C=O) groups is 1. The molecule has 0 saturated carbocycles. The lowest BCUT2D eigenvalue weighted by Gasteiger charge is -2.29. The van der Waals surface area contributed by atoms with Crippen LogP contribution < -0.4 is 10.6 Å². The van der Waals surface area contributed by atoms with Gasteiger partial charge in [0, 0.05) is 5.69 Å². The number of para-hydroxylation sites is 1. The van der Waals surface area contributed by atoms with Crippen molar-refractivity contribution in [2.75, 3.05) is 11.9 Å². The first-order chi connectivity index (χ1) is 10.00.